The normalized spacial score (nSPS) is 10.5. The first-order valence-electron chi connectivity index (χ1n) is 8.51. The molecule has 0 aliphatic heterocycles. The number of aryl methyl sites for hydroxylation is 1. The van der Waals surface area contributed by atoms with Crippen LogP contribution in [0.15, 0.2) is 27.8 Å². The quantitative estimate of drug-likeness (QED) is 0.714. The Morgan fingerprint density at radius 2 is 1.96 bits per heavy atom. The topological polar surface area (TPSA) is 148 Å². The molecule has 0 radical (unpaired) electrons. The lowest BCUT2D eigenvalue weighted by atomic mass is 9.95. The Bertz CT molecular complexity index is 1090. The van der Waals surface area contributed by atoms with Crippen molar-refractivity contribution in [3.63, 3.8) is 0 Å². The van der Waals surface area contributed by atoms with E-state index < -0.39 is 23.1 Å². The Morgan fingerprint density at radius 3 is 2.54 bits per heavy atom. The second-order valence-corrected chi connectivity index (χ2v) is 6.52. The maximum absolute atomic E-state index is 13.3. The number of H-pyrrole nitrogens is 1. The SMILES string of the molecule is Cc1cc(C#N)cc(C(=O)c2c(C(C)C)c(=O)[nH]c(=O)n2CCOC(N)=O)c1. The molecule has 3 N–H and O–H groups in total. The van der Waals surface area contributed by atoms with Crippen LogP contribution in [-0.2, 0) is 11.3 Å². The number of ether oxygens (including phenoxy) is 1. The van der Waals surface area contributed by atoms with Crippen molar-refractivity contribution in [2.45, 2.75) is 33.2 Å². The predicted molar refractivity (Wildman–Crippen MR) is 100 cm³/mol. The van der Waals surface area contributed by atoms with Crippen molar-refractivity contribution in [3.05, 3.63) is 67.0 Å². The molecule has 0 atom stereocenters. The van der Waals surface area contributed by atoms with Gasteiger partial charge >= 0.3 is 11.8 Å². The van der Waals surface area contributed by atoms with Gasteiger partial charge in [0.15, 0.2) is 0 Å². The molecule has 1 aromatic carbocycles. The molecule has 0 saturated carbocycles. The summed E-state index contributed by atoms with van der Waals surface area (Å²) >= 11 is 0. The number of nitriles is 1. The van der Waals surface area contributed by atoms with Crippen LogP contribution in [0, 0.1) is 18.3 Å². The summed E-state index contributed by atoms with van der Waals surface area (Å²) in [6.07, 6.45) is -1.02. The van der Waals surface area contributed by atoms with Crippen molar-refractivity contribution in [2.75, 3.05) is 6.61 Å². The van der Waals surface area contributed by atoms with E-state index in [9.17, 15) is 19.2 Å². The molecule has 1 amide bonds. The molecular formula is C19H20N4O5. The number of ketones is 1. The summed E-state index contributed by atoms with van der Waals surface area (Å²) in [5.41, 5.74) is 4.63. The van der Waals surface area contributed by atoms with E-state index in [0.717, 1.165) is 4.57 Å². The van der Waals surface area contributed by atoms with Gasteiger partial charge in [0.25, 0.3) is 5.56 Å². The minimum Gasteiger partial charge on any atom is -0.448 e. The van der Waals surface area contributed by atoms with E-state index in [1.165, 1.54) is 6.07 Å². The van der Waals surface area contributed by atoms with E-state index in [2.05, 4.69) is 9.72 Å². The van der Waals surface area contributed by atoms with Gasteiger partial charge in [-0.2, -0.15) is 5.26 Å². The average molecular weight is 384 g/mol. The van der Waals surface area contributed by atoms with Gasteiger partial charge in [-0.25, -0.2) is 9.59 Å². The van der Waals surface area contributed by atoms with Crippen LogP contribution < -0.4 is 17.0 Å². The average Bonchev–Trinajstić information content (AvgIpc) is 2.61. The molecule has 1 heterocycles. The molecule has 9 heteroatoms. The van der Waals surface area contributed by atoms with Gasteiger partial charge in [-0.05, 0) is 36.6 Å². The number of nitrogens with zero attached hydrogens (tertiary/aromatic N) is 2. The molecule has 9 nitrogen and oxygen atoms in total. The Morgan fingerprint density at radius 1 is 1.29 bits per heavy atom. The second kappa shape index (κ2) is 8.35. The first-order valence-corrected chi connectivity index (χ1v) is 8.51. The van der Waals surface area contributed by atoms with Gasteiger partial charge in [0, 0.05) is 11.1 Å². The molecular weight excluding hydrogens is 364 g/mol. The van der Waals surface area contributed by atoms with Gasteiger partial charge in [-0.1, -0.05) is 13.8 Å². The molecule has 2 aromatic rings. The summed E-state index contributed by atoms with van der Waals surface area (Å²) in [4.78, 5) is 51.0. The number of carbonyl (C=O) groups excluding carboxylic acids is 2. The molecule has 1 aromatic heterocycles. The third-order valence-electron chi connectivity index (χ3n) is 4.06. The van der Waals surface area contributed by atoms with Crippen LogP contribution in [0.2, 0.25) is 0 Å². The smallest absolute Gasteiger partial charge is 0.404 e. The Kier molecular flexibility index (Phi) is 6.15. The molecule has 0 spiro atoms. The maximum atomic E-state index is 13.3. The molecule has 0 unspecified atom stereocenters. The molecule has 0 saturated heterocycles. The molecule has 2 rings (SSSR count). The summed E-state index contributed by atoms with van der Waals surface area (Å²) < 4.78 is 5.71. The monoisotopic (exact) mass is 384 g/mol. The van der Waals surface area contributed by atoms with Crippen molar-refractivity contribution >= 4 is 11.9 Å². The molecule has 0 aliphatic carbocycles. The van der Waals surface area contributed by atoms with Crippen LogP contribution in [0.25, 0.3) is 0 Å². The number of hydrogen-bond acceptors (Lipinski definition) is 6. The Hall–Kier alpha value is -3.67. The lowest BCUT2D eigenvalue weighted by molar-refractivity contribution is 0.102. The number of primary amides is 1. The van der Waals surface area contributed by atoms with E-state index in [4.69, 9.17) is 11.0 Å². The third kappa shape index (κ3) is 4.35. The number of amides is 1. The highest BCUT2D eigenvalue weighted by atomic mass is 16.5. The predicted octanol–water partition coefficient (Wildman–Crippen LogP) is 1.17. The van der Waals surface area contributed by atoms with Crippen molar-refractivity contribution in [1.82, 2.24) is 9.55 Å². The molecule has 28 heavy (non-hydrogen) atoms. The second-order valence-electron chi connectivity index (χ2n) is 6.52. The van der Waals surface area contributed by atoms with Crippen LogP contribution in [0.4, 0.5) is 4.79 Å². The number of benzene rings is 1. The molecule has 146 valence electrons. The standard InChI is InChI=1S/C19H20N4O5/c1-10(2)14-15(16(24)13-7-11(3)6-12(8-13)9-20)23(4-5-28-18(21)26)19(27)22-17(14)25/h6-8,10H,4-5H2,1-3H3,(H2,21,26)(H,22,25,27). The fraction of sp³-hybridized carbons (Fsp3) is 0.316. The van der Waals surface area contributed by atoms with E-state index >= 15 is 0 Å². The fourth-order valence-electron chi connectivity index (χ4n) is 2.93. The summed E-state index contributed by atoms with van der Waals surface area (Å²) in [6, 6.07) is 6.56. The fourth-order valence-corrected chi connectivity index (χ4v) is 2.93. The molecule has 0 bridgehead atoms. The minimum absolute atomic E-state index is 0.105. The highest BCUT2D eigenvalue weighted by Gasteiger charge is 2.25. The zero-order valence-electron chi connectivity index (χ0n) is 15.7. The van der Waals surface area contributed by atoms with E-state index in [-0.39, 0.29) is 41.5 Å². The first kappa shape index (κ1) is 20.6. The summed E-state index contributed by atoms with van der Waals surface area (Å²) in [7, 11) is 0. The highest BCUT2D eigenvalue weighted by molar-refractivity contribution is 6.09. The number of nitrogens with two attached hydrogens (primary N) is 1. The minimum atomic E-state index is -1.02. The molecule has 0 aliphatic rings. The zero-order chi connectivity index (χ0) is 21.0. The van der Waals surface area contributed by atoms with E-state index in [1.807, 2.05) is 6.07 Å². The number of carbonyl (C=O) groups is 2. The van der Waals surface area contributed by atoms with Crippen molar-refractivity contribution in [2.24, 2.45) is 5.73 Å². The summed E-state index contributed by atoms with van der Waals surface area (Å²) in [5.74, 6) is -0.946. The van der Waals surface area contributed by atoms with Crippen molar-refractivity contribution in [1.29, 1.82) is 5.26 Å². The van der Waals surface area contributed by atoms with Gasteiger partial charge in [0.1, 0.15) is 12.3 Å². The number of rotatable bonds is 6. The van der Waals surface area contributed by atoms with Gasteiger partial charge in [0.2, 0.25) is 5.78 Å². The maximum Gasteiger partial charge on any atom is 0.404 e. The first-order chi connectivity index (χ1) is 13.1. The number of aromatic amines is 1. The van der Waals surface area contributed by atoms with Gasteiger partial charge < -0.3 is 10.5 Å². The Labute approximate surface area is 160 Å². The lowest BCUT2D eigenvalue weighted by Gasteiger charge is -2.17. The third-order valence-corrected chi connectivity index (χ3v) is 4.06. The van der Waals surface area contributed by atoms with E-state index in [1.54, 1.807) is 32.9 Å². The zero-order valence-corrected chi connectivity index (χ0v) is 15.7. The van der Waals surface area contributed by atoms with Crippen LogP contribution >= 0.6 is 0 Å². The van der Waals surface area contributed by atoms with Crippen LogP contribution in [0.5, 0.6) is 0 Å². The van der Waals surface area contributed by atoms with Gasteiger partial charge in [-0.15, -0.1) is 0 Å². The summed E-state index contributed by atoms with van der Waals surface area (Å²) in [6.45, 7) is 4.74. The molecule has 0 fully saturated rings. The largest absolute Gasteiger partial charge is 0.448 e. The van der Waals surface area contributed by atoms with Crippen LogP contribution in [0.3, 0.4) is 0 Å². The number of hydrogen-bond donors (Lipinski definition) is 2. The lowest BCUT2D eigenvalue weighted by Crippen LogP contribution is -2.39. The summed E-state index contributed by atoms with van der Waals surface area (Å²) in [5, 5.41) is 9.16. The van der Waals surface area contributed by atoms with Crippen LogP contribution in [-0.4, -0.2) is 28.0 Å². The van der Waals surface area contributed by atoms with Gasteiger partial charge in [-0.3, -0.25) is 19.1 Å². The highest BCUT2D eigenvalue weighted by Crippen LogP contribution is 2.19. The van der Waals surface area contributed by atoms with E-state index in [0.29, 0.717) is 5.56 Å². The number of nitrogens with one attached hydrogen (secondary N) is 1. The Balaban J connectivity index is 2.72. The number of aromatic nitrogens is 2. The van der Waals surface area contributed by atoms with Crippen molar-refractivity contribution < 1.29 is 14.3 Å². The van der Waals surface area contributed by atoms with Crippen molar-refractivity contribution in [3.8, 4) is 6.07 Å². The van der Waals surface area contributed by atoms with Gasteiger partial charge in [0.05, 0.1) is 18.2 Å². The van der Waals surface area contributed by atoms with Crippen LogP contribution in [0.1, 0.15) is 52.5 Å².